The number of aryl methyl sites for hydroxylation is 1. The van der Waals surface area contributed by atoms with Gasteiger partial charge in [-0.1, -0.05) is 20.8 Å². The molecule has 24 heavy (non-hydrogen) atoms. The Morgan fingerprint density at radius 1 is 1.21 bits per heavy atom. The smallest absolute Gasteiger partial charge is 0.322 e. The molecule has 0 spiro atoms. The van der Waals surface area contributed by atoms with E-state index in [0.717, 1.165) is 24.1 Å². The number of fused-ring (bicyclic) bond motifs is 1. The number of carboxylic acids is 1. The maximum absolute atomic E-state index is 11.7. The van der Waals surface area contributed by atoms with E-state index in [1.54, 1.807) is 0 Å². The molecule has 1 aliphatic carbocycles. The summed E-state index contributed by atoms with van der Waals surface area (Å²) in [6, 6.07) is -0.465. The molecule has 2 aliphatic rings. The fourth-order valence-electron chi connectivity index (χ4n) is 4.33. The van der Waals surface area contributed by atoms with Gasteiger partial charge in [0.05, 0.1) is 13.1 Å². The van der Waals surface area contributed by atoms with Gasteiger partial charge in [-0.15, -0.1) is 10.2 Å². The van der Waals surface area contributed by atoms with E-state index in [1.165, 1.54) is 25.7 Å². The summed E-state index contributed by atoms with van der Waals surface area (Å²) in [4.78, 5) is 13.8. The lowest BCUT2D eigenvalue weighted by molar-refractivity contribution is -0.145. The number of hydrogen-bond acceptors (Lipinski definition) is 4. The Balaban J connectivity index is 1.65. The Hall–Kier alpha value is -1.43. The molecule has 6 nitrogen and oxygen atoms in total. The zero-order valence-corrected chi connectivity index (χ0v) is 15.3. The van der Waals surface area contributed by atoms with Crippen LogP contribution >= 0.6 is 0 Å². The van der Waals surface area contributed by atoms with Crippen LogP contribution in [0, 0.1) is 24.2 Å². The number of aromatic nitrogens is 3. The Kier molecular flexibility index (Phi) is 4.69. The molecule has 1 aromatic heterocycles. The topological polar surface area (TPSA) is 71.2 Å². The van der Waals surface area contributed by atoms with Gasteiger partial charge in [0, 0.05) is 6.54 Å². The van der Waals surface area contributed by atoms with Gasteiger partial charge in [-0.3, -0.25) is 9.69 Å². The molecule has 1 N–H and O–H groups in total. The van der Waals surface area contributed by atoms with Crippen LogP contribution in [0.2, 0.25) is 0 Å². The molecule has 1 unspecified atom stereocenters. The molecule has 0 saturated heterocycles. The van der Waals surface area contributed by atoms with Gasteiger partial charge >= 0.3 is 5.97 Å². The van der Waals surface area contributed by atoms with Crippen molar-refractivity contribution in [1.29, 1.82) is 0 Å². The molecular formula is C18H30N4O2. The minimum absolute atomic E-state index is 0.383. The van der Waals surface area contributed by atoms with Crippen molar-refractivity contribution in [3.63, 3.8) is 0 Å². The van der Waals surface area contributed by atoms with E-state index < -0.39 is 12.0 Å². The van der Waals surface area contributed by atoms with Crippen molar-refractivity contribution < 1.29 is 9.90 Å². The largest absolute Gasteiger partial charge is 0.480 e. The van der Waals surface area contributed by atoms with Gasteiger partial charge in [0.1, 0.15) is 17.7 Å². The van der Waals surface area contributed by atoms with Crippen molar-refractivity contribution in [2.24, 2.45) is 17.3 Å². The predicted molar refractivity (Wildman–Crippen MR) is 91.5 cm³/mol. The summed E-state index contributed by atoms with van der Waals surface area (Å²) in [6.07, 6.45) is 4.93. The molecular weight excluding hydrogens is 304 g/mol. The van der Waals surface area contributed by atoms with E-state index in [1.807, 2.05) is 11.5 Å². The summed E-state index contributed by atoms with van der Waals surface area (Å²) in [5.74, 6) is 2.35. The zero-order valence-electron chi connectivity index (χ0n) is 15.3. The molecule has 1 aliphatic heterocycles. The van der Waals surface area contributed by atoms with Crippen molar-refractivity contribution in [3.8, 4) is 0 Å². The average molecular weight is 334 g/mol. The Morgan fingerprint density at radius 2 is 1.88 bits per heavy atom. The molecule has 1 atom stereocenters. The summed E-state index contributed by atoms with van der Waals surface area (Å²) in [6.45, 7) is 10.8. The highest BCUT2D eigenvalue weighted by Crippen LogP contribution is 2.40. The standard InChI is InChI=1S/C18H30N4O2/c1-12-19-20-16-11-21(15(17(23)24)10-22(12)16)9-13-5-7-14(8-6-13)18(2,3)4/h13-15H,5-11H2,1-4H3,(H,23,24). The lowest BCUT2D eigenvalue weighted by atomic mass is 9.70. The average Bonchev–Trinajstić information content (AvgIpc) is 2.86. The quantitative estimate of drug-likeness (QED) is 0.920. The molecule has 6 heteroatoms. The van der Waals surface area contributed by atoms with Gasteiger partial charge in [0.25, 0.3) is 0 Å². The molecule has 1 fully saturated rings. The Labute approximate surface area is 144 Å². The predicted octanol–water partition coefficient (Wildman–Crippen LogP) is 2.71. The lowest BCUT2D eigenvalue weighted by Crippen LogP contribution is -2.50. The molecule has 134 valence electrons. The van der Waals surface area contributed by atoms with E-state index in [9.17, 15) is 9.90 Å². The third-order valence-electron chi connectivity index (χ3n) is 6.00. The molecule has 0 bridgehead atoms. The first-order valence-electron chi connectivity index (χ1n) is 9.11. The summed E-state index contributed by atoms with van der Waals surface area (Å²) in [5, 5.41) is 18.0. The van der Waals surface area contributed by atoms with Crippen LogP contribution in [0.3, 0.4) is 0 Å². The van der Waals surface area contributed by atoms with Crippen molar-refractivity contribution >= 4 is 5.97 Å². The van der Waals surface area contributed by atoms with E-state index in [2.05, 4.69) is 35.9 Å². The number of carbonyl (C=O) groups is 1. The first-order chi connectivity index (χ1) is 11.3. The van der Waals surface area contributed by atoms with E-state index >= 15 is 0 Å². The maximum atomic E-state index is 11.7. The number of rotatable bonds is 3. The molecule has 1 aromatic rings. The summed E-state index contributed by atoms with van der Waals surface area (Å²) in [5.41, 5.74) is 0.383. The highest BCUT2D eigenvalue weighted by Gasteiger charge is 2.36. The van der Waals surface area contributed by atoms with Gasteiger partial charge in [-0.25, -0.2) is 0 Å². The molecule has 2 heterocycles. The van der Waals surface area contributed by atoms with E-state index in [4.69, 9.17) is 0 Å². The number of hydrogen-bond donors (Lipinski definition) is 1. The molecule has 0 amide bonds. The normalized spacial score (nSPS) is 28.6. The third kappa shape index (κ3) is 3.48. The van der Waals surface area contributed by atoms with Gasteiger partial charge < -0.3 is 9.67 Å². The van der Waals surface area contributed by atoms with Crippen LogP contribution in [-0.4, -0.2) is 43.3 Å². The first kappa shape index (κ1) is 17.4. The molecule has 1 saturated carbocycles. The zero-order chi connectivity index (χ0) is 17.5. The lowest BCUT2D eigenvalue weighted by Gasteiger charge is -2.40. The second kappa shape index (κ2) is 6.47. The highest BCUT2D eigenvalue weighted by molar-refractivity contribution is 5.73. The van der Waals surface area contributed by atoms with Crippen LogP contribution in [-0.2, 0) is 17.9 Å². The summed E-state index contributed by atoms with van der Waals surface area (Å²) >= 11 is 0. The second-order valence-electron chi connectivity index (χ2n) is 8.64. The minimum Gasteiger partial charge on any atom is -0.480 e. The van der Waals surface area contributed by atoms with E-state index in [-0.39, 0.29) is 0 Å². The Bertz CT molecular complexity index is 597. The van der Waals surface area contributed by atoms with Crippen LogP contribution in [0.25, 0.3) is 0 Å². The maximum Gasteiger partial charge on any atom is 0.322 e. The van der Waals surface area contributed by atoms with Crippen molar-refractivity contribution in [2.75, 3.05) is 6.54 Å². The van der Waals surface area contributed by atoms with Crippen molar-refractivity contribution in [3.05, 3.63) is 11.6 Å². The molecule has 0 radical (unpaired) electrons. The summed E-state index contributed by atoms with van der Waals surface area (Å²) in [7, 11) is 0. The van der Waals surface area contributed by atoms with Crippen LogP contribution in [0.1, 0.15) is 58.1 Å². The molecule has 0 aromatic carbocycles. The fourth-order valence-corrected chi connectivity index (χ4v) is 4.33. The van der Waals surface area contributed by atoms with Crippen LogP contribution in [0.5, 0.6) is 0 Å². The SMILES string of the molecule is Cc1nnc2n1CC(C(=O)O)N(CC1CCC(C(C)(C)C)CC1)C2. The van der Waals surface area contributed by atoms with Gasteiger partial charge in [0.2, 0.25) is 0 Å². The molecule has 3 rings (SSSR count). The van der Waals surface area contributed by atoms with Crippen LogP contribution in [0.15, 0.2) is 0 Å². The number of nitrogens with zero attached hydrogens (tertiary/aromatic N) is 4. The van der Waals surface area contributed by atoms with Crippen molar-refractivity contribution in [1.82, 2.24) is 19.7 Å². The van der Waals surface area contributed by atoms with Gasteiger partial charge in [-0.05, 0) is 49.9 Å². The second-order valence-corrected chi connectivity index (χ2v) is 8.64. The first-order valence-corrected chi connectivity index (χ1v) is 9.11. The fraction of sp³-hybridized carbons (Fsp3) is 0.833. The Morgan fingerprint density at radius 3 is 2.46 bits per heavy atom. The third-order valence-corrected chi connectivity index (χ3v) is 6.00. The van der Waals surface area contributed by atoms with Gasteiger partial charge in [0.15, 0.2) is 0 Å². The monoisotopic (exact) mass is 334 g/mol. The van der Waals surface area contributed by atoms with Gasteiger partial charge in [-0.2, -0.15) is 0 Å². The minimum atomic E-state index is -0.739. The van der Waals surface area contributed by atoms with Crippen molar-refractivity contribution in [2.45, 2.75) is 72.5 Å². The summed E-state index contributed by atoms with van der Waals surface area (Å²) < 4.78 is 1.95. The number of carboxylic acid groups (broad SMARTS) is 1. The van der Waals surface area contributed by atoms with Crippen LogP contribution < -0.4 is 0 Å². The number of aliphatic carboxylic acids is 1. The van der Waals surface area contributed by atoms with E-state index in [0.29, 0.717) is 24.4 Å². The van der Waals surface area contributed by atoms with Crippen LogP contribution in [0.4, 0.5) is 0 Å². The highest BCUT2D eigenvalue weighted by atomic mass is 16.4.